The highest BCUT2D eigenvalue weighted by atomic mass is 16.7. The van der Waals surface area contributed by atoms with Crippen molar-refractivity contribution in [2.75, 3.05) is 7.11 Å². The fourth-order valence-electron chi connectivity index (χ4n) is 2.26. The molecule has 0 bridgehead atoms. The zero-order chi connectivity index (χ0) is 16.0. The van der Waals surface area contributed by atoms with E-state index in [2.05, 4.69) is 5.16 Å². The molecule has 0 aliphatic carbocycles. The summed E-state index contributed by atoms with van der Waals surface area (Å²) in [7, 11) is 1.10. The average molecular weight is 301 g/mol. The van der Waals surface area contributed by atoms with Crippen molar-refractivity contribution in [3.63, 3.8) is 0 Å². The first-order chi connectivity index (χ1) is 10.3. The molecule has 0 amide bonds. The standard InChI is InChI=1S/C16H20BNO4/c1-15(2)16(3,4)22-17(21-15)14-10-13(18-20-14)11-6-8-12(19-5)9-7-11/h6-10H,1-5H3. The van der Waals surface area contributed by atoms with E-state index in [9.17, 15) is 0 Å². The molecule has 1 aromatic heterocycles. The summed E-state index contributed by atoms with van der Waals surface area (Å²) < 4.78 is 22.5. The molecule has 0 radical (unpaired) electrons. The van der Waals surface area contributed by atoms with E-state index in [4.69, 9.17) is 18.6 Å². The quantitative estimate of drug-likeness (QED) is 0.816. The highest BCUT2D eigenvalue weighted by Gasteiger charge is 2.53. The molecule has 0 spiro atoms. The van der Waals surface area contributed by atoms with Gasteiger partial charge in [0, 0.05) is 11.6 Å². The van der Waals surface area contributed by atoms with Gasteiger partial charge < -0.3 is 18.6 Å². The molecule has 2 heterocycles. The Bertz CT molecular complexity index is 647. The molecule has 1 aliphatic rings. The van der Waals surface area contributed by atoms with Gasteiger partial charge in [-0.1, -0.05) is 5.16 Å². The van der Waals surface area contributed by atoms with E-state index < -0.39 is 18.3 Å². The molecular formula is C16H20BNO4. The molecule has 0 unspecified atom stereocenters. The van der Waals surface area contributed by atoms with Gasteiger partial charge in [-0.15, -0.1) is 0 Å². The summed E-state index contributed by atoms with van der Waals surface area (Å²) >= 11 is 0. The van der Waals surface area contributed by atoms with Crippen molar-refractivity contribution in [3.8, 4) is 17.0 Å². The van der Waals surface area contributed by atoms with Gasteiger partial charge in [0.2, 0.25) is 0 Å². The Morgan fingerprint density at radius 1 is 1.00 bits per heavy atom. The third kappa shape index (κ3) is 2.53. The monoisotopic (exact) mass is 301 g/mol. The molecule has 116 valence electrons. The van der Waals surface area contributed by atoms with Crippen molar-refractivity contribution in [2.45, 2.75) is 38.9 Å². The summed E-state index contributed by atoms with van der Waals surface area (Å²) in [5, 5.41) is 4.11. The summed E-state index contributed by atoms with van der Waals surface area (Å²) in [5.41, 5.74) is 1.47. The van der Waals surface area contributed by atoms with Crippen LogP contribution in [0.25, 0.3) is 11.3 Å². The van der Waals surface area contributed by atoms with E-state index in [1.807, 2.05) is 58.0 Å². The van der Waals surface area contributed by atoms with E-state index in [-0.39, 0.29) is 0 Å². The van der Waals surface area contributed by atoms with Gasteiger partial charge in [0.05, 0.1) is 18.3 Å². The largest absolute Gasteiger partial charge is 0.535 e. The van der Waals surface area contributed by atoms with Crippen molar-refractivity contribution in [1.82, 2.24) is 5.16 Å². The minimum atomic E-state index is -0.538. The number of benzene rings is 1. The van der Waals surface area contributed by atoms with Crippen LogP contribution in [0.1, 0.15) is 27.7 Å². The van der Waals surface area contributed by atoms with Crippen molar-refractivity contribution in [3.05, 3.63) is 30.3 Å². The van der Waals surface area contributed by atoms with Gasteiger partial charge in [-0.25, -0.2) is 0 Å². The van der Waals surface area contributed by atoms with Gasteiger partial charge in [-0.05, 0) is 52.0 Å². The highest BCUT2D eigenvalue weighted by molar-refractivity contribution is 6.60. The van der Waals surface area contributed by atoms with Crippen molar-refractivity contribution >= 4 is 12.8 Å². The average Bonchev–Trinajstić information content (AvgIpc) is 3.03. The molecule has 1 aromatic carbocycles. The normalized spacial score (nSPS) is 19.4. The summed E-state index contributed by atoms with van der Waals surface area (Å²) in [6.07, 6.45) is 0. The number of hydrogen-bond donors (Lipinski definition) is 0. The Kier molecular flexibility index (Phi) is 3.53. The molecule has 3 rings (SSSR count). The smallest absolute Gasteiger partial charge is 0.497 e. The van der Waals surface area contributed by atoms with E-state index in [0.717, 1.165) is 17.0 Å². The van der Waals surface area contributed by atoms with Crippen molar-refractivity contribution < 1.29 is 18.6 Å². The van der Waals surface area contributed by atoms with E-state index >= 15 is 0 Å². The van der Waals surface area contributed by atoms with Crippen LogP contribution >= 0.6 is 0 Å². The highest BCUT2D eigenvalue weighted by Crippen LogP contribution is 2.36. The Balaban J connectivity index is 1.82. The number of nitrogens with zero attached hydrogens (tertiary/aromatic N) is 1. The number of hydrogen-bond acceptors (Lipinski definition) is 5. The van der Waals surface area contributed by atoms with E-state index in [1.54, 1.807) is 7.11 Å². The van der Waals surface area contributed by atoms with Crippen LogP contribution in [0.3, 0.4) is 0 Å². The van der Waals surface area contributed by atoms with Gasteiger partial charge in [0.1, 0.15) is 11.4 Å². The minimum Gasteiger partial charge on any atom is -0.497 e. The van der Waals surface area contributed by atoms with Gasteiger partial charge in [-0.2, -0.15) is 0 Å². The van der Waals surface area contributed by atoms with Gasteiger partial charge >= 0.3 is 7.12 Å². The number of methoxy groups -OCH3 is 1. The van der Waals surface area contributed by atoms with Gasteiger partial charge in [0.25, 0.3) is 0 Å². The van der Waals surface area contributed by atoms with Crippen LogP contribution in [-0.2, 0) is 9.31 Å². The van der Waals surface area contributed by atoms with Gasteiger partial charge in [-0.3, -0.25) is 0 Å². The molecule has 6 heteroatoms. The Labute approximate surface area is 130 Å². The van der Waals surface area contributed by atoms with Crippen LogP contribution in [0.5, 0.6) is 5.75 Å². The predicted molar refractivity (Wildman–Crippen MR) is 84.2 cm³/mol. The maximum Gasteiger partial charge on any atom is 0.535 e. The van der Waals surface area contributed by atoms with Crippen LogP contribution in [0, 0.1) is 0 Å². The first-order valence-electron chi connectivity index (χ1n) is 7.29. The first-order valence-corrected chi connectivity index (χ1v) is 7.29. The minimum absolute atomic E-state index is 0.398. The second-order valence-corrected chi connectivity index (χ2v) is 6.43. The fourth-order valence-corrected chi connectivity index (χ4v) is 2.26. The lowest BCUT2D eigenvalue weighted by molar-refractivity contribution is 0.00578. The molecular weight excluding hydrogens is 281 g/mol. The molecule has 5 nitrogen and oxygen atoms in total. The van der Waals surface area contributed by atoms with Crippen molar-refractivity contribution in [1.29, 1.82) is 0 Å². The Morgan fingerprint density at radius 3 is 2.14 bits per heavy atom. The Morgan fingerprint density at radius 2 is 1.59 bits per heavy atom. The number of ether oxygens (including phenoxy) is 1. The molecule has 2 aromatic rings. The third-order valence-electron chi connectivity index (χ3n) is 4.40. The van der Waals surface area contributed by atoms with Crippen molar-refractivity contribution in [2.24, 2.45) is 0 Å². The molecule has 0 atom stereocenters. The predicted octanol–water partition coefficient (Wildman–Crippen LogP) is 2.65. The zero-order valence-corrected chi connectivity index (χ0v) is 13.5. The fraction of sp³-hybridized carbons (Fsp3) is 0.438. The van der Waals surface area contributed by atoms with Crippen LogP contribution in [0.2, 0.25) is 0 Å². The number of aromatic nitrogens is 1. The maximum atomic E-state index is 5.96. The Hall–Kier alpha value is -1.79. The van der Waals surface area contributed by atoms with E-state index in [1.165, 1.54) is 0 Å². The molecule has 1 fully saturated rings. The molecule has 0 N–H and O–H groups in total. The summed E-state index contributed by atoms with van der Waals surface area (Å²) in [5.74, 6) is 0.804. The van der Waals surface area contributed by atoms with E-state index in [0.29, 0.717) is 5.66 Å². The molecule has 1 aliphatic heterocycles. The van der Waals surface area contributed by atoms with Crippen LogP contribution in [0.15, 0.2) is 34.9 Å². The lowest BCUT2D eigenvalue weighted by Crippen LogP contribution is -2.41. The SMILES string of the molecule is COc1ccc(-c2cc(B3OC(C)(C)C(C)(C)O3)on2)cc1. The number of rotatable bonds is 3. The summed E-state index contributed by atoms with van der Waals surface area (Å²) in [4.78, 5) is 0. The topological polar surface area (TPSA) is 53.7 Å². The molecule has 22 heavy (non-hydrogen) atoms. The van der Waals surface area contributed by atoms with Crippen LogP contribution < -0.4 is 10.4 Å². The first kappa shape index (κ1) is 15.1. The second kappa shape index (κ2) is 5.14. The van der Waals surface area contributed by atoms with Crippen LogP contribution in [-0.4, -0.2) is 30.6 Å². The van der Waals surface area contributed by atoms with Crippen LogP contribution in [0.4, 0.5) is 0 Å². The molecule has 1 saturated heterocycles. The maximum absolute atomic E-state index is 5.96. The third-order valence-corrected chi connectivity index (χ3v) is 4.40. The lowest BCUT2D eigenvalue weighted by Gasteiger charge is -2.32. The second-order valence-electron chi connectivity index (χ2n) is 6.43. The lowest BCUT2D eigenvalue weighted by atomic mass is 9.86. The molecule has 0 saturated carbocycles. The van der Waals surface area contributed by atoms with Gasteiger partial charge in [0.15, 0.2) is 5.66 Å². The summed E-state index contributed by atoms with van der Waals surface area (Å²) in [6.45, 7) is 8.03. The zero-order valence-electron chi connectivity index (χ0n) is 13.5. The summed E-state index contributed by atoms with van der Waals surface area (Å²) in [6, 6.07) is 9.50.